The molecule has 1 N–H and O–H groups in total. The van der Waals surface area contributed by atoms with Gasteiger partial charge in [-0.3, -0.25) is 0 Å². The van der Waals surface area contributed by atoms with Crippen molar-refractivity contribution in [3.05, 3.63) is 17.3 Å². The van der Waals surface area contributed by atoms with Crippen LogP contribution >= 0.6 is 0 Å². The molecule has 0 aromatic carbocycles. The second kappa shape index (κ2) is 3.92. The molecule has 1 aromatic heterocycles. The van der Waals surface area contributed by atoms with Gasteiger partial charge < -0.3 is 9.52 Å². The van der Waals surface area contributed by atoms with Crippen LogP contribution in [0.25, 0.3) is 0 Å². The number of halogens is 3. The van der Waals surface area contributed by atoms with Crippen LogP contribution in [-0.4, -0.2) is 16.1 Å². The Morgan fingerprint density at radius 3 is 2.53 bits per heavy atom. The minimum Gasteiger partial charge on any atom is -0.475 e. The Balaban J connectivity index is 3.15. The molecule has 4 nitrogen and oxygen atoms in total. The summed E-state index contributed by atoms with van der Waals surface area (Å²) in [6.45, 7) is 1.70. The van der Waals surface area contributed by atoms with Crippen LogP contribution in [0.3, 0.4) is 0 Å². The van der Waals surface area contributed by atoms with E-state index in [0.29, 0.717) is 6.42 Å². The summed E-state index contributed by atoms with van der Waals surface area (Å²) in [7, 11) is 0. The number of aromatic carboxylic acids is 1. The average Bonchev–Trinajstić information content (AvgIpc) is 2.48. The molecule has 15 heavy (non-hydrogen) atoms. The van der Waals surface area contributed by atoms with Crippen LogP contribution in [0.2, 0.25) is 0 Å². The molecule has 7 heteroatoms. The van der Waals surface area contributed by atoms with Gasteiger partial charge in [0, 0.05) is 0 Å². The number of aryl methyl sites for hydroxylation is 1. The van der Waals surface area contributed by atoms with Gasteiger partial charge in [0.05, 0.1) is 5.69 Å². The van der Waals surface area contributed by atoms with Crippen molar-refractivity contribution in [2.75, 3.05) is 0 Å². The smallest absolute Gasteiger partial charge is 0.468 e. The molecular formula is C8H8F3NO3. The standard InChI is InChI=1S/C8H8F3NO3/c1-2-3-4-5(6(13)14)15-7(12-4)8(9,10)11/h2-3H2,1H3,(H,13,14). The summed E-state index contributed by atoms with van der Waals surface area (Å²) in [6.07, 6.45) is -4.12. The molecule has 1 aromatic rings. The molecule has 0 fully saturated rings. The van der Waals surface area contributed by atoms with Crippen LogP contribution in [0.15, 0.2) is 4.42 Å². The molecule has 0 saturated carbocycles. The molecule has 0 aliphatic rings. The second-order valence-corrected chi connectivity index (χ2v) is 2.85. The van der Waals surface area contributed by atoms with Crippen molar-refractivity contribution in [2.45, 2.75) is 25.9 Å². The van der Waals surface area contributed by atoms with Gasteiger partial charge in [-0.1, -0.05) is 13.3 Å². The first-order chi connectivity index (χ1) is 6.86. The third-order valence-electron chi connectivity index (χ3n) is 1.62. The number of carbonyl (C=O) groups is 1. The SMILES string of the molecule is CCCc1nc(C(F)(F)F)oc1C(=O)O. The molecule has 0 radical (unpaired) electrons. The fourth-order valence-corrected chi connectivity index (χ4v) is 1.05. The Morgan fingerprint density at radius 1 is 1.53 bits per heavy atom. The lowest BCUT2D eigenvalue weighted by Gasteiger charge is -1.97. The Bertz CT molecular complexity index is 370. The molecule has 0 atom stereocenters. The first-order valence-electron chi connectivity index (χ1n) is 4.16. The highest BCUT2D eigenvalue weighted by atomic mass is 19.4. The summed E-state index contributed by atoms with van der Waals surface area (Å²) in [5, 5.41) is 8.57. The molecule has 1 rings (SSSR count). The lowest BCUT2D eigenvalue weighted by atomic mass is 10.2. The maximum absolute atomic E-state index is 12.1. The fraction of sp³-hybridized carbons (Fsp3) is 0.500. The van der Waals surface area contributed by atoms with E-state index in [9.17, 15) is 18.0 Å². The summed E-state index contributed by atoms with van der Waals surface area (Å²) < 4.78 is 40.6. The van der Waals surface area contributed by atoms with Crippen molar-refractivity contribution in [1.82, 2.24) is 4.98 Å². The maximum Gasteiger partial charge on any atom is 0.468 e. The number of oxazole rings is 1. The van der Waals surface area contributed by atoms with E-state index >= 15 is 0 Å². The van der Waals surface area contributed by atoms with Crippen LogP contribution < -0.4 is 0 Å². The molecule has 0 aliphatic carbocycles. The second-order valence-electron chi connectivity index (χ2n) is 2.85. The Hall–Kier alpha value is -1.53. The number of rotatable bonds is 3. The Kier molecular flexibility index (Phi) is 3.01. The van der Waals surface area contributed by atoms with Gasteiger partial charge in [-0.2, -0.15) is 13.2 Å². The molecule has 0 unspecified atom stereocenters. The van der Waals surface area contributed by atoms with E-state index < -0.39 is 23.8 Å². The van der Waals surface area contributed by atoms with Gasteiger partial charge in [-0.15, -0.1) is 0 Å². The highest BCUT2D eigenvalue weighted by Gasteiger charge is 2.39. The summed E-state index contributed by atoms with van der Waals surface area (Å²) in [4.78, 5) is 13.7. The van der Waals surface area contributed by atoms with Gasteiger partial charge in [0.2, 0.25) is 5.76 Å². The van der Waals surface area contributed by atoms with Gasteiger partial charge >= 0.3 is 18.0 Å². The Labute approximate surface area is 82.7 Å². The van der Waals surface area contributed by atoms with Crippen LogP contribution in [0.5, 0.6) is 0 Å². The molecule has 84 valence electrons. The lowest BCUT2D eigenvalue weighted by molar-refractivity contribution is -0.157. The van der Waals surface area contributed by atoms with E-state index in [0.717, 1.165) is 0 Å². The topological polar surface area (TPSA) is 63.3 Å². The zero-order valence-corrected chi connectivity index (χ0v) is 7.76. The minimum atomic E-state index is -4.75. The molecule has 1 heterocycles. The van der Waals surface area contributed by atoms with E-state index in [1.807, 2.05) is 0 Å². The summed E-state index contributed by atoms with van der Waals surface area (Å²) in [5.74, 6) is -3.78. The largest absolute Gasteiger partial charge is 0.475 e. The van der Waals surface area contributed by atoms with E-state index in [2.05, 4.69) is 9.40 Å². The molecule has 0 bridgehead atoms. The van der Waals surface area contributed by atoms with Gasteiger partial charge in [-0.25, -0.2) is 9.78 Å². The van der Waals surface area contributed by atoms with E-state index in [-0.39, 0.29) is 12.1 Å². The van der Waals surface area contributed by atoms with Crippen LogP contribution in [0, 0.1) is 0 Å². The monoisotopic (exact) mass is 223 g/mol. The molecule has 0 spiro atoms. The average molecular weight is 223 g/mol. The predicted octanol–water partition coefficient (Wildman–Crippen LogP) is 2.34. The van der Waals surface area contributed by atoms with Crippen LogP contribution in [-0.2, 0) is 12.6 Å². The first kappa shape index (κ1) is 11.5. The third kappa shape index (κ3) is 2.48. The van der Waals surface area contributed by atoms with Crippen molar-refractivity contribution in [2.24, 2.45) is 0 Å². The van der Waals surface area contributed by atoms with E-state index in [4.69, 9.17) is 5.11 Å². The zero-order chi connectivity index (χ0) is 11.6. The quantitative estimate of drug-likeness (QED) is 0.854. The number of carboxylic acids is 1. The highest BCUT2D eigenvalue weighted by molar-refractivity contribution is 5.85. The number of hydrogen-bond acceptors (Lipinski definition) is 3. The number of hydrogen-bond donors (Lipinski definition) is 1. The molecule has 0 amide bonds. The fourth-order valence-electron chi connectivity index (χ4n) is 1.05. The number of aromatic nitrogens is 1. The highest BCUT2D eigenvalue weighted by Crippen LogP contribution is 2.30. The number of alkyl halides is 3. The first-order valence-corrected chi connectivity index (χ1v) is 4.16. The zero-order valence-electron chi connectivity index (χ0n) is 7.76. The normalized spacial score (nSPS) is 11.7. The van der Waals surface area contributed by atoms with Crippen molar-refractivity contribution >= 4 is 5.97 Å². The molecular weight excluding hydrogens is 215 g/mol. The van der Waals surface area contributed by atoms with Gasteiger partial charge in [0.25, 0.3) is 0 Å². The van der Waals surface area contributed by atoms with Gasteiger partial charge in [-0.05, 0) is 6.42 Å². The molecule has 0 saturated heterocycles. The molecule has 0 aliphatic heterocycles. The van der Waals surface area contributed by atoms with Crippen LogP contribution in [0.4, 0.5) is 13.2 Å². The lowest BCUT2D eigenvalue weighted by Crippen LogP contribution is -2.05. The van der Waals surface area contributed by atoms with Crippen molar-refractivity contribution < 1.29 is 27.5 Å². The van der Waals surface area contributed by atoms with E-state index in [1.165, 1.54) is 0 Å². The van der Waals surface area contributed by atoms with Crippen LogP contribution in [0.1, 0.15) is 35.5 Å². The van der Waals surface area contributed by atoms with Gasteiger partial charge in [0.15, 0.2) is 0 Å². The summed E-state index contributed by atoms with van der Waals surface area (Å²) in [6, 6.07) is 0. The maximum atomic E-state index is 12.1. The predicted molar refractivity (Wildman–Crippen MR) is 42.5 cm³/mol. The summed E-state index contributed by atoms with van der Waals surface area (Å²) in [5.41, 5.74) is -0.169. The van der Waals surface area contributed by atoms with E-state index in [1.54, 1.807) is 6.92 Å². The third-order valence-corrected chi connectivity index (χ3v) is 1.62. The minimum absolute atomic E-state index is 0.140. The van der Waals surface area contributed by atoms with Crippen molar-refractivity contribution in [3.8, 4) is 0 Å². The van der Waals surface area contributed by atoms with Crippen molar-refractivity contribution in [1.29, 1.82) is 0 Å². The Morgan fingerprint density at radius 2 is 2.13 bits per heavy atom. The van der Waals surface area contributed by atoms with Crippen molar-refractivity contribution in [3.63, 3.8) is 0 Å². The summed E-state index contributed by atoms with van der Waals surface area (Å²) >= 11 is 0. The van der Waals surface area contributed by atoms with Gasteiger partial charge in [0.1, 0.15) is 0 Å². The number of nitrogens with zero attached hydrogens (tertiary/aromatic N) is 1. The number of carboxylic acid groups (broad SMARTS) is 1.